The summed E-state index contributed by atoms with van der Waals surface area (Å²) in [6.45, 7) is 0.660. The van der Waals surface area contributed by atoms with Gasteiger partial charge in [-0.15, -0.1) is 0 Å². The van der Waals surface area contributed by atoms with Gasteiger partial charge >= 0.3 is 0 Å². The van der Waals surface area contributed by atoms with Crippen molar-refractivity contribution in [3.8, 4) is 0 Å². The molecule has 0 amide bonds. The highest BCUT2D eigenvalue weighted by atomic mass is 32.2. The molecule has 0 spiro atoms. The molecule has 2 aliphatic heterocycles. The summed E-state index contributed by atoms with van der Waals surface area (Å²) in [6.07, 6.45) is 0.152. The zero-order chi connectivity index (χ0) is 14.9. The second-order valence-electron chi connectivity index (χ2n) is 5.28. The molecular formula is C14H18O6S. The molecule has 7 heteroatoms. The zero-order valence-electron chi connectivity index (χ0n) is 11.7. The third-order valence-electron chi connectivity index (χ3n) is 3.50. The van der Waals surface area contributed by atoms with Crippen molar-refractivity contribution in [3.05, 3.63) is 35.9 Å². The van der Waals surface area contributed by atoms with Gasteiger partial charge < -0.3 is 14.2 Å². The maximum Gasteiger partial charge on any atom is 0.264 e. The second kappa shape index (κ2) is 6.02. The minimum absolute atomic E-state index is 0.177. The average molecular weight is 314 g/mol. The van der Waals surface area contributed by atoms with E-state index in [0.717, 1.165) is 11.8 Å². The van der Waals surface area contributed by atoms with Crippen LogP contribution < -0.4 is 0 Å². The van der Waals surface area contributed by atoms with Gasteiger partial charge in [-0.25, -0.2) is 0 Å². The minimum Gasteiger partial charge on any atom is -0.370 e. The molecule has 1 aromatic carbocycles. The standard InChI is InChI=1S/C14H18O6S/c1-21(15,16)20-11-7-12-13(17-8-11)9-18-14(19-12)10-5-3-2-4-6-10/h2-6,11-14H,7-9H2,1H3. The first kappa shape index (κ1) is 14.9. The lowest BCUT2D eigenvalue weighted by Gasteiger charge is -2.41. The third kappa shape index (κ3) is 3.81. The molecule has 1 aromatic rings. The van der Waals surface area contributed by atoms with Gasteiger partial charge in [-0.05, 0) is 0 Å². The van der Waals surface area contributed by atoms with Gasteiger partial charge in [0, 0.05) is 12.0 Å². The van der Waals surface area contributed by atoms with E-state index in [-0.39, 0.29) is 18.8 Å². The molecule has 0 saturated carbocycles. The Morgan fingerprint density at radius 3 is 2.57 bits per heavy atom. The maximum atomic E-state index is 11.2. The van der Waals surface area contributed by atoms with Crippen LogP contribution in [-0.2, 0) is 28.5 Å². The second-order valence-corrected chi connectivity index (χ2v) is 6.88. The summed E-state index contributed by atoms with van der Waals surface area (Å²) in [5.74, 6) is 0. The minimum atomic E-state index is -3.49. The monoisotopic (exact) mass is 314 g/mol. The van der Waals surface area contributed by atoms with E-state index in [2.05, 4.69) is 0 Å². The van der Waals surface area contributed by atoms with Crippen molar-refractivity contribution in [1.29, 1.82) is 0 Å². The summed E-state index contributed by atoms with van der Waals surface area (Å²) in [7, 11) is -3.49. The highest BCUT2D eigenvalue weighted by molar-refractivity contribution is 7.86. The van der Waals surface area contributed by atoms with Crippen molar-refractivity contribution in [2.75, 3.05) is 19.5 Å². The molecule has 0 aromatic heterocycles. The Kier molecular flexibility index (Phi) is 4.28. The van der Waals surface area contributed by atoms with Crippen LogP contribution in [0.2, 0.25) is 0 Å². The average Bonchev–Trinajstić information content (AvgIpc) is 2.46. The summed E-state index contributed by atoms with van der Waals surface area (Å²) < 4.78 is 44.5. The van der Waals surface area contributed by atoms with Gasteiger partial charge in [-0.2, -0.15) is 8.42 Å². The van der Waals surface area contributed by atoms with Crippen LogP contribution in [0.5, 0.6) is 0 Å². The molecule has 2 aliphatic rings. The van der Waals surface area contributed by atoms with Crippen LogP contribution in [0.4, 0.5) is 0 Å². The van der Waals surface area contributed by atoms with Crippen LogP contribution in [0.25, 0.3) is 0 Å². The van der Waals surface area contributed by atoms with E-state index in [1.165, 1.54) is 0 Å². The number of hydrogen-bond acceptors (Lipinski definition) is 6. The number of ether oxygens (including phenoxy) is 3. The van der Waals surface area contributed by atoms with Crippen LogP contribution in [0.15, 0.2) is 30.3 Å². The van der Waals surface area contributed by atoms with E-state index >= 15 is 0 Å². The molecule has 6 nitrogen and oxygen atoms in total. The zero-order valence-corrected chi connectivity index (χ0v) is 12.5. The predicted octanol–water partition coefficient (Wildman–Crippen LogP) is 1.23. The summed E-state index contributed by atoms with van der Waals surface area (Å²) in [4.78, 5) is 0. The molecule has 0 radical (unpaired) electrons. The third-order valence-corrected chi connectivity index (χ3v) is 4.12. The Morgan fingerprint density at radius 2 is 1.86 bits per heavy atom. The van der Waals surface area contributed by atoms with Crippen LogP contribution in [0.3, 0.4) is 0 Å². The van der Waals surface area contributed by atoms with E-state index in [1.807, 2.05) is 30.3 Å². The Labute approximate surface area is 124 Å². The van der Waals surface area contributed by atoms with Gasteiger partial charge in [0.05, 0.1) is 25.6 Å². The number of hydrogen-bond donors (Lipinski definition) is 0. The molecule has 0 bridgehead atoms. The van der Waals surface area contributed by atoms with Crippen molar-refractivity contribution in [3.63, 3.8) is 0 Å². The molecule has 2 heterocycles. The SMILES string of the molecule is CS(=O)(=O)OC1COC2COC(c3ccccc3)OC2C1. The first-order chi connectivity index (χ1) is 10.0. The highest BCUT2D eigenvalue weighted by Crippen LogP contribution is 2.32. The molecule has 4 unspecified atom stereocenters. The molecular weight excluding hydrogens is 296 g/mol. The van der Waals surface area contributed by atoms with Gasteiger partial charge in [0.25, 0.3) is 10.1 Å². The number of fused-ring (bicyclic) bond motifs is 1. The van der Waals surface area contributed by atoms with Gasteiger partial charge in [-0.1, -0.05) is 30.3 Å². The van der Waals surface area contributed by atoms with Crippen molar-refractivity contribution < 1.29 is 26.8 Å². The Bertz CT molecular complexity index is 572. The van der Waals surface area contributed by atoms with E-state index in [1.54, 1.807) is 0 Å². The highest BCUT2D eigenvalue weighted by Gasteiger charge is 2.39. The van der Waals surface area contributed by atoms with Crippen LogP contribution in [0.1, 0.15) is 18.3 Å². The van der Waals surface area contributed by atoms with Gasteiger partial charge in [0.15, 0.2) is 6.29 Å². The van der Waals surface area contributed by atoms with Crippen LogP contribution in [0, 0.1) is 0 Å². The quantitative estimate of drug-likeness (QED) is 0.782. The molecule has 3 rings (SSSR count). The van der Waals surface area contributed by atoms with E-state index in [0.29, 0.717) is 13.0 Å². The lowest BCUT2D eigenvalue weighted by Crippen LogP contribution is -2.50. The lowest BCUT2D eigenvalue weighted by atomic mass is 10.0. The first-order valence-corrected chi connectivity index (χ1v) is 8.65. The predicted molar refractivity (Wildman–Crippen MR) is 74.1 cm³/mol. The fraction of sp³-hybridized carbons (Fsp3) is 0.571. The molecule has 0 N–H and O–H groups in total. The number of rotatable bonds is 3. The van der Waals surface area contributed by atoms with Crippen LogP contribution >= 0.6 is 0 Å². The fourth-order valence-electron chi connectivity index (χ4n) is 2.60. The van der Waals surface area contributed by atoms with Gasteiger partial charge in [0.2, 0.25) is 0 Å². The summed E-state index contributed by atoms with van der Waals surface area (Å²) in [5.41, 5.74) is 0.933. The number of benzene rings is 1. The largest absolute Gasteiger partial charge is 0.370 e. The molecule has 2 fully saturated rings. The van der Waals surface area contributed by atoms with E-state index in [9.17, 15) is 8.42 Å². The molecule has 2 saturated heterocycles. The lowest BCUT2D eigenvalue weighted by molar-refractivity contribution is -0.286. The summed E-state index contributed by atoms with van der Waals surface area (Å²) in [6, 6.07) is 9.62. The van der Waals surface area contributed by atoms with E-state index in [4.69, 9.17) is 18.4 Å². The summed E-state index contributed by atoms with van der Waals surface area (Å²) >= 11 is 0. The van der Waals surface area contributed by atoms with Crippen LogP contribution in [-0.4, -0.2) is 46.2 Å². The molecule has 4 atom stereocenters. The Balaban J connectivity index is 1.65. The summed E-state index contributed by atoms with van der Waals surface area (Å²) in [5, 5.41) is 0. The Hall–Kier alpha value is -0.990. The van der Waals surface area contributed by atoms with Crippen molar-refractivity contribution >= 4 is 10.1 Å². The smallest absolute Gasteiger partial charge is 0.264 e. The van der Waals surface area contributed by atoms with E-state index < -0.39 is 22.5 Å². The normalized spacial score (nSPS) is 33.4. The maximum absolute atomic E-state index is 11.2. The molecule has 21 heavy (non-hydrogen) atoms. The van der Waals surface area contributed by atoms with Crippen molar-refractivity contribution in [2.45, 2.75) is 31.0 Å². The topological polar surface area (TPSA) is 71.1 Å². The first-order valence-electron chi connectivity index (χ1n) is 6.83. The van der Waals surface area contributed by atoms with Gasteiger partial charge in [-0.3, -0.25) is 4.18 Å². The van der Waals surface area contributed by atoms with Crippen molar-refractivity contribution in [1.82, 2.24) is 0 Å². The van der Waals surface area contributed by atoms with Crippen molar-refractivity contribution in [2.24, 2.45) is 0 Å². The molecule has 116 valence electrons. The Morgan fingerprint density at radius 1 is 1.10 bits per heavy atom. The molecule has 0 aliphatic carbocycles. The fourth-order valence-corrected chi connectivity index (χ4v) is 3.22. The van der Waals surface area contributed by atoms with Gasteiger partial charge in [0.1, 0.15) is 12.2 Å².